The molecule has 1 aromatic rings. The summed E-state index contributed by atoms with van der Waals surface area (Å²) in [5.41, 5.74) is 0.637. The molecule has 0 amide bonds. The van der Waals surface area contributed by atoms with Gasteiger partial charge >= 0.3 is 0 Å². The van der Waals surface area contributed by atoms with Crippen molar-refractivity contribution in [2.45, 2.75) is 52.0 Å². The molecule has 3 heteroatoms. The van der Waals surface area contributed by atoms with E-state index in [-0.39, 0.29) is 5.82 Å². The molecular formula is C16H23BrFN. The van der Waals surface area contributed by atoms with Gasteiger partial charge in [0.25, 0.3) is 0 Å². The molecule has 1 nitrogen and oxygen atoms in total. The monoisotopic (exact) mass is 327 g/mol. The van der Waals surface area contributed by atoms with E-state index in [1.54, 1.807) is 0 Å². The Labute approximate surface area is 124 Å². The van der Waals surface area contributed by atoms with E-state index in [0.717, 1.165) is 22.7 Å². The Morgan fingerprint density at radius 3 is 2.84 bits per heavy atom. The van der Waals surface area contributed by atoms with Gasteiger partial charge in [0.1, 0.15) is 5.82 Å². The summed E-state index contributed by atoms with van der Waals surface area (Å²) in [7, 11) is 0. The zero-order chi connectivity index (χ0) is 13.8. The number of halogens is 2. The topological polar surface area (TPSA) is 12.0 Å². The molecule has 2 rings (SSSR count). The van der Waals surface area contributed by atoms with Gasteiger partial charge in [0.15, 0.2) is 0 Å². The van der Waals surface area contributed by atoms with Crippen molar-refractivity contribution in [2.24, 2.45) is 11.8 Å². The molecule has 1 aliphatic rings. The fourth-order valence-electron chi connectivity index (χ4n) is 3.13. The molecule has 0 spiro atoms. The predicted octanol–water partition coefficient (Wildman–Crippen LogP) is 5.61. The molecular weight excluding hydrogens is 305 g/mol. The molecule has 2 unspecified atom stereocenters. The molecule has 0 aromatic heterocycles. The SMILES string of the molecule is CC(C)CC1CCCC(Nc2ccc(Br)cc2F)C1. The van der Waals surface area contributed by atoms with Gasteiger partial charge in [0.2, 0.25) is 0 Å². The lowest BCUT2D eigenvalue weighted by Crippen LogP contribution is -2.28. The molecule has 1 fully saturated rings. The van der Waals surface area contributed by atoms with Gasteiger partial charge in [-0.2, -0.15) is 0 Å². The van der Waals surface area contributed by atoms with Crippen molar-refractivity contribution in [1.29, 1.82) is 0 Å². The highest BCUT2D eigenvalue weighted by molar-refractivity contribution is 9.10. The molecule has 0 saturated heterocycles. The third kappa shape index (κ3) is 4.48. The van der Waals surface area contributed by atoms with Crippen LogP contribution in [0.25, 0.3) is 0 Å². The van der Waals surface area contributed by atoms with Crippen molar-refractivity contribution < 1.29 is 4.39 Å². The molecule has 0 heterocycles. The van der Waals surface area contributed by atoms with Crippen LogP contribution in [0.3, 0.4) is 0 Å². The Morgan fingerprint density at radius 2 is 2.16 bits per heavy atom. The van der Waals surface area contributed by atoms with Gasteiger partial charge in [0, 0.05) is 10.5 Å². The Morgan fingerprint density at radius 1 is 1.37 bits per heavy atom. The van der Waals surface area contributed by atoms with Crippen molar-refractivity contribution in [3.8, 4) is 0 Å². The quantitative estimate of drug-likeness (QED) is 0.758. The maximum absolute atomic E-state index is 13.8. The predicted molar refractivity (Wildman–Crippen MR) is 82.9 cm³/mol. The van der Waals surface area contributed by atoms with E-state index in [0.29, 0.717) is 11.7 Å². The normalized spacial score (nSPS) is 23.6. The second-order valence-electron chi connectivity index (χ2n) is 6.13. The Kier molecular flexibility index (Phi) is 5.26. The second-order valence-corrected chi connectivity index (χ2v) is 7.04. The van der Waals surface area contributed by atoms with E-state index in [2.05, 4.69) is 35.1 Å². The molecule has 1 saturated carbocycles. The molecule has 0 radical (unpaired) electrons. The lowest BCUT2D eigenvalue weighted by molar-refractivity contribution is 0.288. The van der Waals surface area contributed by atoms with Crippen molar-refractivity contribution in [2.75, 3.05) is 5.32 Å². The molecule has 1 aromatic carbocycles. The first-order chi connectivity index (χ1) is 9.04. The number of hydrogen-bond acceptors (Lipinski definition) is 1. The van der Waals surface area contributed by atoms with Crippen LogP contribution in [-0.4, -0.2) is 6.04 Å². The number of rotatable bonds is 4. The molecule has 1 aliphatic carbocycles. The summed E-state index contributed by atoms with van der Waals surface area (Å²) in [5.74, 6) is 1.39. The highest BCUT2D eigenvalue weighted by Crippen LogP contribution is 2.31. The Bertz CT molecular complexity index is 419. The fraction of sp³-hybridized carbons (Fsp3) is 0.625. The molecule has 19 heavy (non-hydrogen) atoms. The van der Waals surface area contributed by atoms with Gasteiger partial charge in [-0.3, -0.25) is 0 Å². The minimum atomic E-state index is -0.166. The van der Waals surface area contributed by atoms with Crippen molar-refractivity contribution in [1.82, 2.24) is 0 Å². The largest absolute Gasteiger partial charge is 0.380 e. The van der Waals surface area contributed by atoms with Crippen LogP contribution in [0, 0.1) is 17.7 Å². The van der Waals surface area contributed by atoms with E-state index < -0.39 is 0 Å². The van der Waals surface area contributed by atoms with Crippen LogP contribution in [0.15, 0.2) is 22.7 Å². The van der Waals surface area contributed by atoms with Crippen molar-refractivity contribution in [3.05, 3.63) is 28.5 Å². The number of hydrogen-bond donors (Lipinski definition) is 1. The molecule has 0 bridgehead atoms. The molecule has 1 N–H and O–H groups in total. The highest BCUT2D eigenvalue weighted by Gasteiger charge is 2.23. The first-order valence-electron chi connectivity index (χ1n) is 7.26. The van der Waals surface area contributed by atoms with Crippen LogP contribution in [0.1, 0.15) is 46.0 Å². The van der Waals surface area contributed by atoms with Crippen LogP contribution in [-0.2, 0) is 0 Å². The van der Waals surface area contributed by atoms with Gasteiger partial charge in [0.05, 0.1) is 5.69 Å². The van der Waals surface area contributed by atoms with Crippen LogP contribution in [0.5, 0.6) is 0 Å². The summed E-state index contributed by atoms with van der Waals surface area (Å²) < 4.78 is 14.6. The molecule has 2 atom stereocenters. The van der Waals surface area contributed by atoms with E-state index >= 15 is 0 Å². The summed E-state index contributed by atoms with van der Waals surface area (Å²) in [4.78, 5) is 0. The minimum absolute atomic E-state index is 0.166. The first kappa shape index (κ1) is 14.8. The van der Waals surface area contributed by atoms with Crippen LogP contribution >= 0.6 is 15.9 Å². The number of anilines is 1. The average molecular weight is 328 g/mol. The third-order valence-electron chi connectivity index (χ3n) is 3.88. The lowest BCUT2D eigenvalue weighted by Gasteiger charge is -2.31. The smallest absolute Gasteiger partial charge is 0.147 e. The van der Waals surface area contributed by atoms with Crippen LogP contribution in [0.4, 0.5) is 10.1 Å². The number of nitrogens with one attached hydrogen (secondary N) is 1. The van der Waals surface area contributed by atoms with Crippen molar-refractivity contribution in [3.63, 3.8) is 0 Å². The zero-order valence-corrected chi connectivity index (χ0v) is 13.3. The lowest BCUT2D eigenvalue weighted by atomic mass is 9.81. The molecule has 0 aliphatic heterocycles. The van der Waals surface area contributed by atoms with Gasteiger partial charge in [-0.15, -0.1) is 0 Å². The van der Waals surface area contributed by atoms with Gasteiger partial charge in [-0.05, 0) is 49.3 Å². The summed E-state index contributed by atoms with van der Waals surface area (Å²) in [6.45, 7) is 4.57. The first-order valence-corrected chi connectivity index (χ1v) is 8.05. The maximum Gasteiger partial charge on any atom is 0.147 e. The van der Waals surface area contributed by atoms with E-state index in [4.69, 9.17) is 0 Å². The highest BCUT2D eigenvalue weighted by atomic mass is 79.9. The summed E-state index contributed by atoms with van der Waals surface area (Å²) in [6, 6.07) is 5.66. The third-order valence-corrected chi connectivity index (χ3v) is 4.37. The van der Waals surface area contributed by atoms with Crippen molar-refractivity contribution >= 4 is 21.6 Å². The molecule has 106 valence electrons. The zero-order valence-electron chi connectivity index (χ0n) is 11.8. The fourth-order valence-corrected chi connectivity index (χ4v) is 3.46. The number of benzene rings is 1. The summed E-state index contributed by atoms with van der Waals surface area (Å²) >= 11 is 3.29. The second kappa shape index (κ2) is 6.74. The van der Waals surface area contributed by atoms with E-state index in [1.165, 1.54) is 31.7 Å². The Balaban J connectivity index is 1.94. The van der Waals surface area contributed by atoms with Crippen LogP contribution < -0.4 is 5.32 Å². The standard InChI is InChI=1S/C16H23BrFN/c1-11(2)8-12-4-3-5-14(9-12)19-16-7-6-13(17)10-15(16)18/h6-7,10-12,14,19H,3-5,8-9H2,1-2H3. The van der Waals surface area contributed by atoms with Gasteiger partial charge < -0.3 is 5.32 Å². The van der Waals surface area contributed by atoms with Gasteiger partial charge in [-0.1, -0.05) is 42.6 Å². The average Bonchev–Trinajstić information content (AvgIpc) is 2.32. The van der Waals surface area contributed by atoms with E-state index in [1.807, 2.05) is 12.1 Å². The van der Waals surface area contributed by atoms with E-state index in [9.17, 15) is 4.39 Å². The summed E-state index contributed by atoms with van der Waals surface area (Å²) in [6.07, 6.45) is 6.21. The van der Waals surface area contributed by atoms with Gasteiger partial charge in [-0.25, -0.2) is 4.39 Å². The van der Waals surface area contributed by atoms with Crippen LogP contribution in [0.2, 0.25) is 0 Å². The Hall–Kier alpha value is -0.570. The maximum atomic E-state index is 13.8. The summed E-state index contributed by atoms with van der Waals surface area (Å²) in [5, 5.41) is 3.38. The minimum Gasteiger partial charge on any atom is -0.380 e.